The van der Waals surface area contributed by atoms with Crippen LogP contribution in [0.15, 0.2) is 24.5 Å². The molecule has 0 atom stereocenters. The van der Waals surface area contributed by atoms with Crippen molar-refractivity contribution in [2.24, 2.45) is 0 Å². The highest BCUT2D eigenvalue weighted by Crippen LogP contribution is 2.22. The van der Waals surface area contributed by atoms with Crippen LogP contribution < -0.4 is 0 Å². The Bertz CT molecular complexity index is 536. The molecular weight excluding hydrogens is 170 g/mol. The minimum absolute atomic E-state index is 0.948. The molecule has 3 heterocycles. The maximum Gasteiger partial charge on any atom is 0.196 e. The summed E-state index contributed by atoms with van der Waals surface area (Å²) < 4.78 is 1.99. The normalized spacial score (nSPS) is 11.3. The molecule has 0 unspecified atom stereocenters. The van der Waals surface area contributed by atoms with Crippen molar-refractivity contribution in [2.45, 2.75) is 0 Å². The van der Waals surface area contributed by atoms with Gasteiger partial charge in [0.15, 0.2) is 4.96 Å². The predicted molar refractivity (Wildman–Crippen MR) is 47.2 cm³/mol. The average molecular weight is 174 g/mol. The van der Waals surface area contributed by atoms with Crippen LogP contribution >= 0.6 is 11.3 Å². The third-order valence-electron chi connectivity index (χ3n) is 1.75. The molecule has 1 radical (unpaired) electrons. The molecule has 0 spiro atoms. The first-order valence-electron chi connectivity index (χ1n) is 3.54. The minimum atomic E-state index is 0.948. The van der Waals surface area contributed by atoms with E-state index in [2.05, 4.69) is 16.2 Å². The Morgan fingerprint density at radius 1 is 1.50 bits per heavy atom. The summed E-state index contributed by atoms with van der Waals surface area (Å²) in [7, 11) is 0. The Labute approximate surface area is 72.3 Å². The fourth-order valence-corrected chi connectivity index (χ4v) is 2.13. The molecule has 0 aliphatic rings. The molecule has 3 aromatic heterocycles. The lowest BCUT2D eigenvalue weighted by Crippen LogP contribution is -1.76. The van der Waals surface area contributed by atoms with Crippen molar-refractivity contribution in [3.8, 4) is 0 Å². The van der Waals surface area contributed by atoms with E-state index in [4.69, 9.17) is 0 Å². The van der Waals surface area contributed by atoms with E-state index in [0.717, 1.165) is 15.3 Å². The highest BCUT2D eigenvalue weighted by atomic mass is 32.1. The van der Waals surface area contributed by atoms with Crippen LogP contribution in [0.25, 0.3) is 15.3 Å². The summed E-state index contributed by atoms with van der Waals surface area (Å²) in [5.74, 6) is 0. The van der Waals surface area contributed by atoms with Crippen LogP contribution in [0, 0.1) is 6.20 Å². The monoisotopic (exact) mass is 174 g/mol. The first-order valence-corrected chi connectivity index (χ1v) is 4.35. The molecule has 0 amide bonds. The smallest absolute Gasteiger partial charge is 0.196 e. The molecule has 0 fully saturated rings. The summed E-state index contributed by atoms with van der Waals surface area (Å²) >= 11 is 1.58. The van der Waals surface area contributed by atoms with Gasteiger partial charge in [0.2, 0.25) is 0 Å². The fourth-order valence-electron chi connectivity index (χ4n) is 1.23. The van der Waals surface area contributed by atoms with Crippen LogP contribution in [0.4, 0.5) is 0 Å². The lowest BCUT2D eigenvalue weighted by molar-refractivity contribution is 1.28. The molecule has 0 aliphatic heterocycles. The molecule has 0 aliphatic carbocycles. The molecule has 3 nitrogen and oxygen atoms in total. The Hall–Kier alpha value is -1.42. The molecule has 12 heavy (non-hydrogen) atoms. The largest absolute Gasteiger partial charge is 0.288 e. The lowest BCUT2D eigenvalue weighted by Gasteiger charge is -1.85. The number of hydrogen-bond acceptors (Lipinski definition) is 3. The highest BCUT2D eigenvalue weighted by molar-refractivity contribution is 7.23. The molecule has 57 valence electrons. The molecule has 0 saturated carbocycles. The van der Waals surface area contributed by atoms with Gasteiger partial charge in [0.05, 0.1) is 5.52 Å². The van der Waals surface area contributed by atoms with Crippen LogP contribution in [0.1, 0.15) is 0 Å². The first-order chi connectivity index (χ1) is 5.95. The summed E-state index contributed by atoms with van der Waals surface area (Å²) in [6, 6.07) is 3.95. The van der Waals surface area contributed by atoms with Gasteiger partial charge in [-0.3, -0.25) is 4.40 Å². The summed E-state index contributed by atoms with van der Waals surface area (Å²) in [5.41, 5.74) is 1.10. The van der Waals surface area contributed by atoms with Crippen LogP contribution in [-0.2, 0) is 0 Å². The zero-order valence-corrected chi connectivity index (χ0v) is 6.88. The first kappa shape index (κ1) is 6.14. The second kappa shape index (κ2) is 2.04. The number of aromatic nitrogens is 3. The van der Waals surface area contributed by atoms with Gasteiger partial charge in [0.1, 0.15) is 11.0 Å². The number of pyridine rings is 1. The summed E-state index contributed by atoms with van der Waals surface area (Å²) in [4.78, 5) is 10.3. The SMILES string of the molecule is [c]1cn2c(n1)sc1ncccc12. The van der Waals surface area contributed by atoms with E-state index >= 15 is 0 Å². The van der Waals surface area contributed by atoms with Gasteiger partial charge in [-0.2, -0.15) is 0 Å². The van der Waals surface area contributed by atoms with E-state index in [9.17, 15) is 0 Å². The highest BCUT2D eigenvalue weighted by Gasteiger charge is 2.03. The van der Waals surface area contributed by atoms with Gasteiger partial charge in [-0.25, -0.2) is 9.97 Å². The molecular formula is C8H4N3S. The number of fused-ring (bicyclic) bond motifs is 3. The average Bonchev–Trinajstić information content (AvgIpc) is 2.62. The van der Waals surface area contributed by atoms with Gasteiger partial charge < -0.3 is 0 Å². The van der Waals surface area contributed by atoms with E-state index in [1.165, 1.54) is 0 Å². The van der Waals surface area contributed by atoms with Gasteiger partial charge in [0, 0.05) is 12.4 Å². The van der Waals surface area contributed by atoms with Gasteiger partial charge in [-0.1, -0.05) is 11.3 Å². The Balaban J connectivity index is 2.68. The fraction of sp³-hybridized carbons (Fsp3) is 0. The number of rotatable bonds is 0. The Kier molecular flexibility index (Phi) is 1.04. The number of nitrogens with zero attached hydrogens (tertiary/aromatic N) is 3. The second-order valence-corrected chi connectivity index (χ2v) is 3.41. The third-order valence-corrected chi connectivity index (χ3v) is 2.73. The quantitative estimate of drug-likeness (QED) is 0.519. The van der Waals surface area contributed by atoms with Crippen molar-refractivity contribution >= 4 is 26.6 Å². The maximum atomic E-state index is 4.23. The molecule has 0 saturated heterocycles. The van der Waals surface area contributed by atoms with Crippen molar-refractivity contribution in [3.63, 3.8) is 0 Å². The van der Waals surface area contributed by atoms with Gasteiger partial charge in [-0.05, 0) is 12.1 Å². The van der Waals surface area contributed by atoms with Gasteiger partial charge in [-0.15, -0.1) is 0 Å². The minimum Gasteiger partial charge on any atom is -0.288 e. The Morgan fingerprint density at radius 2 is 2.50 bits per heavy atom. The maximum absolute atomic E-state index is 4.23. The molecule has 3 rings (SSSR count). The third kappa shape index (κ3) is 0.648. The van der Waals surface area contributed by atoms with Crippen molar-refractivity contribution in [2.75, 3.05) is 0 Å². The molecule has 0 N–H and O–H groups in total. The second-order valence-electron chi connectivity index (χ2n) is 2.45. The van der Waals surface area contributed by atoms with Crippen LogP contribution in [0.2, 0.25) is 0 Å². The van der Waals surface area contributed by atoms with E-state index in [1.807, 2.05) is 22.7 Å². The molecule has 0 bridgehead atoms. The molecule has 0 aromatic carbocycles. The zero-order valence-electron chi connectivity index (χ0n) is 6.06. The number of imidazole rings is 1. The standard InChI is InChI=1S/C8H4N3S/c1-2-6-7(9-3-1)12-8-10-4-5-11(6)8/h1-3,5H. The molecule has 4 heteroatoms. The van der Waals surface area contributed by atoms with Crippen LogP contribution in [-0.4, -0.2) is 14.4 Å². The van der Waals surface area contributed by atoms with Gasteiger partial charge in [0.25, 0.3) is 0 Å². The van der Waals surface area contributed by atoms with Crippen LogP contribution in [0.5, 0.6) is 0 Å². The van der Waals surface area contributed by atoms with Crippen molar-refractivity contribution in [1.82, 2.24) is 14.4 Å². The van der Waals surface area contributed by atoms with Gasteiger partial charge >= 0.3 is 0 Å². The van der Waals surface area contributed by atoms with Crippen molar-refractivity contribution < 1.29 is 0 Å². The lowest BCUT2D eigenvalue weighted by atomic mass is 10.4. The van der Waals surface area contributed by atoms with E-state index in [1.54, 1.807) is 17.5 Å². The van der Waals surface area contributed by atoms with E-state index in [-0.39, 0.29) is 0 Å². The summed E-state index contributed by atoms with van der Waals surface area (Å²) in [6.07, 6.45) is 6.43. The van der Waals surface area contributed by atoms with E-state index in [0.29, 0.717) is 0 Å². The van der Waals surface area contributed by atoms with Crippen LogP contribution in [0.3, 0.4) is 0 Å². The summed E-state index contributed by atoms with van der Waals surface area (Å²) in [5, 5.41) is 0. The summed E-state index contributed by atoms with van der Waals surface area (Å²) in [6.45, 7) is 0. The topological polar surface area (TPSA) is 30.2 Å². The molecule has 3 aromatic rings. The zero-order chi connectivity index (χ0) is 7.97. The Morgan fingerprint density at radius 3 is 3.50 bits per heavy atom. The van der Waals surface area contributed by atoms with Crippen molar-refractivity contribution in [1.29, 1.82) is 0 Å². The predicted octanol–water partition coefficient (Wildman–Crippen LogP) is 1.74. The number of thiazole rings is 1. The van der Waals surface area contributed by atoms with Crippen molar-refractivity contribution in [3.05, 3.63) is 30.7 Å². The number of hydrogen-bond donors (Lipinski definition) is 0. The van der Waals surface area contributed by atoms with E-state index < -0.39 is 0 Å².